The molecule has 5 nitrogen and oxygen atoms in total. The molecule has 0 saturated heterocycles. The number of nitrogens with zero attached hydrogens (tertiary/aromatic N) is 2. The van der Waals surface area contributed by atoms with Gasteiger partial charge in [-0.3, -0.25) is 0 Å². The Balaban J connectivity index is 1.41. The molecule has 1 fully saturated rings. The van der Waals surface area contributed by atoms with Gasteiger partial charge in [-0.05, 0) is 49.1 Å². The predicted octanol–water partition coefficient (Wildman–Crippen LogP) is 3.11. The first kappa shape index (κ1) is 16.8. The molecule has 0 aromatic carbocycles. The highest BCUT2D eigenvalue weighted by molar-refractivity contribution is 7.09. The van der Waals surface area contributed by atoms with Crippen molar-refractivity contribution >= 4 is 17.3 Å². The van der Waals surface area contributed by atoms with Crippen LogP contribution in [0.15, 0.2) is 40.8 Å². The average Bonchev–Trinajstić information content (AvgIpc) is 3.28. The molecule has 0 radical (unpaired) electrons. The molecule has 0 bridgehead atoms. The van der Waals surface area contributed by atoms with Gasteiger partial charge in [-0.15, -0.1) is 11.3 Å². The van der Waals surface area contributed by atoms with E-state index in [-0.39, 0.29) is 0 Å². The van der Waals surface area contributed by atoms with Crippen molar-refractivity contribution in [3.8, 4) is 5.88 Å². The third kappa shape index (κ3) is 5.23. The molecule has 0 unspecified atom stereocenters. The molecule has 1 saturated carbocycles. The van der Waals surface area contributed by atoms with E-state index in [0.717, 1.165) is 31.4 Å². The first-order valence-electron chi connectivity index (χ1n) is 8.47. The average molecular weight is 344 g/mol. The normalized spacial score (nSPS) is 15.6. The molecule has 3 rings (SSSR count). The second-order valence-electron chi connectivity index (χ2n) is 5.99. The summed E-state index contributed by atoms with van der Waals surface area (Å²) in [5, 5.41) is 5.22. The van der Waals surface area contributed by atoms with Gasteiger partial charge in [0.15, 0.2) is 5.96 Å². The third-order valence-electron chi connectivity index (χ3n) is 4.08. The van der Waals surface area contributed by atoms with Crippen LogP contribution in [0, 0.1) is 0 Å². The minimum atomic E-state index is 0.338. The molecule has 2 aromatic heterocycles. The van der Waals surface area contributed by atoms with Crippen molar-refractivity contribution in [3.63, 3.8) is 0 Å². The predicted molar refractivity (Wildman–Crippen MR) is 98.5 cm³/mol. The van der Waals surface area contributed by atoms with Gasteiger partial charge in [0.1, 0.15) is 6.10 Å². The maximum absolute atomic E-state index is 5.90. The number of aromatic nitrogens is 1. The van der Waals surface area contributed by atoms with Crippen molar-refractivity contribution in [1.82, 2.24) is 10.3 Å². The summed E-state index contributed by atoms with van der Waals surface area (Å²) in [5.74, 6) is 1.18. The van der Waals surface area contributed by atoms with E-state index in [4.69, 9.17) is 10.5 Å². The number of hydrogen-bond donors (Lipinski definition) is 2. The van der Waals surface area contributed by atoms with E-state index in [1.54, 1.807) is 11.3 Å². The van der Waals surface area contributed by atoms with Crippen molar-refractivity contribution in [3.05, 3.63) is 46.3 Å². The summed E-state index contributed by atoms with van der Waals surface area (Å²) in [7, 11) is 0. The number of pyridine rings is 1. The van der Waals surface area contributed by atoms with Gasteiger partial charge in [0, 0.05) is 23.7 Å². The van der Waals surface area contributed by atoms with Crippen molar-refractivity contribution in [2.45, 2.75) is 44.8 Å². The molecule has 2 aromatic rings. The Morgan fingerprint density at radius 2 is 2.21 bits per heavy atom. The Kier molecular flexibility index (Phi) is 6.07. The van der Waals surface area contributed by atoms with Crippen LogP contribution in [0.4, 0.5) is 0 Å². The minimum absolute atomic E-state index is 0.338. The summed E-state index contributed by atoms with van der Waals surface area (Å²) in [5.41, 5.74) is 6.92. The van der Waals surface area contributed by atoms with Crippen LogP contribution < -0.4 is 15.8 Å². The van der Waals surface area contributed by atoms with Gasteiger partial charge < -0.3 is 15.8 Å². The summed E-state index contributed by atoms with van der Waals surface area (Å²) in [4.78, 5) is 10.1. The van der Waals surface area contributed by atoms with Gasteiger partial charge >= 0.3 is 0 Å². The van der Waals surface area contributed by atoms with Gasteiger partial charge in [-0.25, -0.2) is 9.98 Å². The highest BCUT2D eigenvalue weighted by atomic mass is 32.1. The van der Waals surface area contributed by atoms with Crippen molar-refractivity contribution < 1.29 is 4.74 Å². The van der Waals surface area contributed by atoms with Gasteiger partial charge in [-0.1, -0.05) is 12.1 Å². The van der Waals surface area contributed by atoms with Crippen molar-refractivity contribution in [1.29, 1.82) is 0 Å². The molecule has 0 spiro atoms. The van der Waals surface area contributed by atoms with Crippen LogP contribution in [-0.2, 0) is 13.0 Å². The maximum Gasteiger partial charge on any atom is 0.213 e. The van der Waals surface area contributed by atoms with Crippen LogP contribution in [-0.4, -0.2) is 23.6 Å². The van der Waals surface area contributed by atoms with Crippen LogP contribution in [0.25, 0.3) is 0 Å². The van der Waals surface area contributed by atoms with Crippen LogP contribution >= 0.6 is 11.3 Å². The Bertz CT molecular complexity index is 634. The molecule has 1 aliphatic carbocycles. The minimum Gasteiger partial charge on any atom is -0.474 e. The number of nitrogens with two attached hydrogens (primary N) is 1. The summed E-state index contributed by atoms with van der Waals surface area (Å²) in [6.07, 6.45) is 7.91. The van der Waals surface area contributed by atoms with E-state index in [2.05, 4.69) is 32.8 Å². The largest absolute Gasteiger partial charge is 0.474 e. The fourth-order valence-electron chi connectivity index (χ4n) is 2.75. The van der Waals surface area contributed by atoms with E-state index in [0.29, 0.717) is 24.5 Å². The molecule has 24 heavy (non-hydrogen) atoms. The molecule has 0 aliphatic heterocycles. The zero-order valence-electron chi connectivity index (χ0n) is 13.8. The lowest BCUT2D eigenvalue weighted by Gasteiger charge is -2.11. The van der Waals surface area contributed by atoms with Gasteiger partial charge in [0.25, 0.3) is 0 Å². The number of hydrogen-bond acceptors (Lipinski definition) is 4. The molecule has 0 amide bonds. The first-order chi connectivity index (χ1) is 11.8. The quantitative estimate of drug-likeness (QED) is 0.598. The monoisotopic (exact) mass is 344 g/mol. The van der Waals surface area contributed by atoms with Crippen LogP contribution in [0.3, 0.4) is 0 Å². The fourth-order valence-corrected chi connectivity index (χ4v) is 3.46. The Morgan fingerprint density at radius 1 is 1.33 bits per heavy atom. The molecule has 128 valence electrons. The Morgan fingerprint density at radius 3 is 2.92 bits per heavy atom. The molecular formula is C18H24N4OS. The maximum atomic E-state index is 5.90. The first-order valence-corrected chi connectivity index (χ1v) is 9.35. The SMILES string of the molecule is NC(=NCc1ccc(OC2CCCC2)nc1)NCCc1cccs1. The molecule has 0 atom stereocenters. The van der Waals surface area contributed by atoms with E-state index < -0.39 is 0 Å². The second-order valence-corrected chi connectivity index (χ2v) is 7.02. The van der Waals surface area contributed by atoms with Gasteiger partial charge in [-0.2, -0.15) is 0 Å². The van der Waals surface area contributed by atoms with Crippen LogP contribution in [0.1, 0.15) is 36.1 Å². The third-order valence-corrected chi connectivity index (χ3v) is 5.01. The lowest BCUT2D eigenvalue weighted by atomic mass is 10.3. The van der Waals surface area contributed by atoms with Crippen molar-refractivity contribution in [2.75, 3.05) is 6.54 Å². The van der Waals surface area contributed by atoms with Crippen LogP contribution in [0.5, 0.6) is 5.88 Å². The number of guanidine groups is 1. The number of rotatable bonds is 7. The van der Waals surface area contributed by atoms with E-state index in [9.17, 15) is 0 Å². The summed E-state index contributed by atoms with van der Waals surface area (Å²) in [6, 6.07) is 8.11. The molecule has 2 heterocycles. The molecule has 3 N–H and O–H groups in total. The summed E-state index contributed by atoms with van der Waals surface area (Å²) < 4.78 is 5.86. The number of aliphatic imine (C=N–C) groups is 1. The lowest BCUT2D eigenvalue weighted by Crippen LogP contribution is -2.33. The fraction of sp³-hybridized carbons (Fsp3) is 0.444. The lowest BCUT2D eigenvalue weighted by molar-refractivity contribution is 0.201. The van der Waals surface area contributed by atoms with E-state index in [1.165, 1.54) is 17.7 Å². The van der Waals surface area contributed by atoms with Gasteiger partial charge in [0.2, 0.25) is 5.88 Å². The van der Waals surface area contributed by atoms with E-state index >= 15 is 0 Å². The highest BCUT2D eigenvalue weighted by Crippen LogP contribution is 2.22. The molecule has 1 aliphatic rings. The van der Waals surface area contributed by atoms with Crippen LogP contribution in [0.2, 0.25) is 0 Å². The zero-order valence-corrected chi connectivity index (χ0v) is 14.6. The summed E-state index contributed by atoms with van der Waals surface area (Å²) >= 11 is 1.76. The Hall–Kier alpha value is -2.08. The van der Waals surface area contributed by atoms with Crippen molar-refractivity contribution in [2.24, 2.45) is 10.7 Å². The number of thiophene rings is 1. The topological polar surface area (TPSA) is 72.5 Å². The highest BCUT2D eigenvalue weighted by Gasteiger charge is 2.16. The smallest absolute Gasteiger partial charge is 0.213 e. The molecule has 6 heteroatoms. The Labute approximate surface area is 147 Å². The zero-order chi connectivity index (χ0) is 16.6. The second kappa shape index (κ2) is 8.68. The number of ether oxygens (including phenoxy) is 1. The van der Waals surface area contributed by atoms with Gasteiger partial charge in [0.05, 0.1) is 6.54 Å². The standard InChI is InChI=1S/C18H24N4OS/c19-18(20-10-9-16-6-3-11-24-16)22-13-14-7-8-17(21-12-14)23-15-4-1-2-5-15/h3,6-8,11-12,15H,1-2,4-5,9-10,13H2,(H3,19,20,22). The number of nitrogens with one attached hydrogen (secondary N) is 1. The molecular weight excluding hydrogens is 320 g/mol. The summed E-state index contributed by atoms with van der Waals surface area (Å²) in [6.45, 7) is 1.32. The van der Waals surface area contributed by atoms with E-state index in [1.807, 2.05) is 18.3 Å².